The van der Waals surface area contributed by atoms with Crippen LogP contribution in [0.4, 0.5) is 11.4 Å². The molecule has 0 aliphatic heterocycles. The first-order valence-electron chi connectivity index (χ1n) is 9.33. The van der Waals surface area contributed by atoms with E-state index in [2.05, 4.69) is 0 Å². The van der Waals surface area contributed by atoms with E-state index >= 15 is 0 Å². The van der Waals surface area contributed by atoms with Gasteiger partial charge in [-0.05, 0) is 61.9 Å². The number of anilines is 2. The molecule has 0 saturated carbocycles. The van der Waals surface area contributed by atoms with E-state index in [9.17, 15) is 9.59 Å². The van der Waals surface area contributed by atoms with Gasteiger partial charge in [-0.25, -0.2) is 0 Å². The quantitative estimate of drug-likeness (QED) is 0.637. The lowest BCUT2D eigenvalue weighted by Crippen LogP contribution is -2.31. The number of benzene rings is 3. The molecule has 0 N–H and O–H groups in total. The van der Waals surface area contributed by atoms with Crippen LogP contribution in [0.15, 0.2) is 78.9 Å². The molecule has 0 aliphatic carbocycles. The third-order valence-electron chi connectivity index (χ3n) is 4.68. The van der Waals surface area contributed by atoms with Gasteiger partial charge in [-0.3, -0.25) is 9.59 Å². The van der Waals surface area contributed by atoms with Crippen LogP contribution in [0.2, 0.25) is 0 Å². The van der Waals surface area contributed by atoms with Crippen molar-refractivity contribution < 1.29 is 9.59 Å². The Kier molecular flexibility index (Phi) is 5.90. The number of carbonyl (C=O) groups excluding carboxylic acids is 2. The Morgan fingerprint density at radius 3 is 2.00 bits per heavy atom. The highest BCUT2D eigenvalue weighted by molar-refractivity contribution is 6.10. The molecule has 4 heteroatoms. The van der Waals surface area contributed by atoms with E-state index in [4.69, 9.17) is 0 Å². The maximum atomic E-state index is 13.1. The van der Waals surface area contributed by atoms with Gasteiger partial charge in [-0.2, -0.15) is 0 Å². The topological polar surface area (TPSA) is 40.6 Å². The van der Waals surface area contributed by atoms with Crippen LogP contribution < -0.4 is 9.80 Å². The molecular weight excluding hydrogens is 348 g/mol. The molecule has 28 heavy (non-hydrogen) atoms. The van der Waals surface area contributed by atoms with Gasteiger partial charge >= 0.3 is 0 Å². The van der Waals surface area contributed by atoms with E-state index in [0.717, 1.165) is 16.9 Å². The lowest BCUT2D eigenvalue weighted by Gasteiger charge is -2.22. The fourth-order valence-electron chi connectivity index (χ4n) is 3.14. The molecule has 0 fully saturated rings. The molecule has 0 heterocycles. The van der Waals surface area contributed by atoms with Crippen molar-refractivity contribution in [1.82, 2.24) is 0 Å². The highest BCUT2D eigenvalue weighted by atomic mass is 16.2. The average Bonchev–Trinajstić information content (AvgIpc) is 2.74. The minimum absolute atomic E-state index is 0.120. The second-order valence-electron chi connectivity index (χ2n) is 6.67. The second-order valence-corrected chi connectivity index (χ2v) is 6.67. The van der Waals surface area contributed by atoms with Gasteiger partial charge < -0.3 is 9.80 Å². The first-order chi connectivity index (χ1) is 13.5. The Morgan fingerprint density at radius 1 is 0.750 bits per heavy atom. The Labute approximate surface area is 166 Å². The smallest absolute Gasteiger partial charge is 0.258 e. The van der Waals surface area contributed by atoms with E-state index in [1.807, 2.05) is 68.4 Å². The summed E-state index contributed by atoms with van der Waals surface area (Å²) in [5, 5.41) is 0. The number of hydrogen-bond donors (Lipinski definition) is 0. The summed E-state index contributed by atoms with van der Waals surface area (Å²) in [7, 11) is 1.73. The number of amides is 2. The summed E-state index contributed by atoms with van der Waals surface area (Å²) in [5.74, 6) is -0.274. The van der Waals surface area contributed by atoms with Crippen molar-refractivity contribution in [2.45, 2.75) is 13.8 Å². The Balaban J connectivity index is 1.87. The monoisotopic (exact) mass is 372 g/mol. The third-order valence-corrected chi connectivity index (χ3v) is 4.68. The number of para-hydroxylation sites is 1. The highest BCUT2D eigenvalue weighted by Gasteiger charge is 2.19. The molecule has 4 nitrogen and oxygen atoms in total. The predicted octanol–water partition coefficient (Wildman–Crippen LogP) is 4.94. The molecule has 3 rings (SSSR count). The molecule has 0 spiro atoms. The molecule has 0 atom stereocenters. The lowest BCUT2D eigenvalue weighted by molar-refractivity contribution is 0.0988. The van der Waals surface area contributed by atoms with Crippen LogP contribution >= 0.6 is 0 Å². The summed E-state index contributed by atoms with van der Waals surface area (Å²) in [6.45, 7) is 4.49. The van der Waals surface area contributed by atoms with Crippen LogP contribution in [0.25, 0.3) is 0 Å². The predicted molar refractivity (Wildman–Crippen MR) is 114 cm³/mol. The maximum absolute atomic E-state index is 13.1. The van der Waals surface area contributed by atoms with Crippen LogP contribution in [-0.4, -0.2) is 25.4 Å². The molecule has 142 valence electrons. The standard InChI is InChI=1S/C24H24N2O2/c1-4-26(22-15-8-10-18(2)16-22)24(28)20-12-9-11-19(17-20)23(27)25(3)21-13-6-5-7-14-21/h5-17H,4H2,1-3H3. The molecule has 0 radical (unpaired) electrons. The van der Waals surface area contributed by atoms with Gasteiger partial charge in [0.1, 0.15) is 0 Å². The van der Waals surface area contributed by atoms with Gasteiger partial charge in [-0.15, -0.1) is 0 Å². The van der Waals surface area contributed by atoms with Gasteiger partial charge in [0.25, 0.3) is 11.8 Å². The minimum atomic E-state index is -0.153. The molecule has 3 aromatic carbocycles. The maximum Gasteiger partial charge on any atom is 0.258 e. The van der Waals surface area contributed by atoms with Gasteiger partial charge in [0.15, 0.2) is 0 Å². The zero-order valence-corrected chi connectivity index (χ0v) is 16.4. The van der Waals surface area contributed by atoms with E-state index in [-0.39, 0.29) is 11.8 Å². The molecule has 0 aromatic heterocycles. The number of hydrogen-bond acceptors (Lipinski definition) is 2. The molecule has 0 unspecified atom stereocenters. The minimum Gasteiger partial charge on any atom is -0.311 e. The highest BCUT2D eigenvalue weighted by Crippen LogP contribution is 2.20. The first kappa shape index (κ1) is 19.4. The van der Waals surface area contributed by atoms with E-state index in [0.29, 0.717) is 17.7 Å². The van der Waals surface area contributed by atoms with E-state index in [1.54, 1.807) is 41.1 Å². The number of nitrogens with zero attached hydrogens (tertiary/aromatic N) is 2. The zero-order chi connectivity index (χ0) is 20.1. The van der Waals surface area contributed by atoms with Crippen LogP contribution in [0.5, 0.6) is 0 Å². The summed E-state index contributed by atoms with van der Waals surface area (Å²) in [4.78, 5) is 29.3. The van der Waals surface area contributed by atoms with Gasteiger partial charge in [0.05, 0.1) is 0 Å². The Hall–Kier alpha value is -3.40. The van der Waals surface area contributed by atoms with Crippen molar-refractivity contribution in [3.05, 3.63) is 95.6 Å². The van der Waals surface area contributed by atoms with Crippen molar-refractivity contribution in [1.29, 1.82) is 0 Å². The van der Waals surface area contributed by atoms with E-state index in [1.165, 1.54) is 0 Å². The van der Waals surface area contributed by atoms with Gasteiger partial charge in [0, 0.05) is 36.1 Å². The summed E-state index contributed by atoms with van der Waals surface area (Å²) in [6, 6.07) is 24.2. The first-order valence-corrected chi connectivity index (χ1v) is 9.33. The fourth-order valence-corrected chi connectivity index (χ4v) is 3.14. The van der Waals surface area contributed by atoms with Crippen molar-refractivity contribution in [3.63, 3.8) is 0 Å². The molecular formula is C24H24N2O2. The normalized spacial score (nSPS) is 10.4. The SMILES string of the molecule is CCN(C(=O)c1cccc(C(=O)N(C)c2ccccc2)c1)c1cccc(C)c1. The van der Waals surface area contributed by atoms with Crippen molar-refractivity contribution in [2.24, 2.45) is 0 Å². The van der Waals surface area contributed by atoms with Crippen LogP contribution in [-0.2, 0) is 0 Å². The fraction of sp³-hybridized carbons (Fsp3) is 0.167. The largest absolute Gasteiger partial charge is 0.311 e. The van der Waals surface area contributed by atoms with Crippen molar-refractivity contribution in [3.8, 4) is 0 Å². The van der Waals surface area contributed by atoms with Crippen molar-refractivity contribution >= 4 is 23.2 Å². The molecule has 3 aromatic rings. The summed E-state index contributed by atoms with van der Waals surface area (Å²) < 4.78 is 0. The zero-order valence-electron chi connectivity index (χ0n) is 16.4. The van der Waals surface area contributed by atoms with Gasteiger partial charge in [0.2, 0.25) is 0 Å². The summed E-state index contributed by atoms with van der Waals surface area (Å²) in [5.41, 5.74) is 3.73. The Morgan fingerprint density at radius 2 is 1.36 bits per heavy atom. The molecule has 0 bridgehead atoms. The lowest BCUT2D eigenvalue weighted by atomic mass is 10.1. The second kappa shape index (κ2) is 8.53. The van der Waals surface area contributed by atoms with Gasteiger partial charge in [-0.1, -0.05) is 36.4 Å². The van der Waals surface area contributed by atoms with E-state index < -0.39 is 0 Å². The average molecular weight is 372 g/mol. The summed E-state index contributed by atoms with van der Waals surface area (Å²) in [6.07, 6.45) is 0. The number of carbonyl (C=O) groups is 2. The van der Waals surface area contributed by atoms with Crippen LogP contribution in [0, 0.1) is 6.92 Å². The van der Waals surface area contributed by atoms with Crippen molar-refractivity contribution in [2.75, 3.05) is 23.4 Å². The molecule has 2 amide bonds. The molecule has 0 saturated heterocycles. The molecule has 0 aliphatic rings. The number of rotatable bonds is 5. The van der Waals surface area contributed by atoms with Crippen LogP contribution in [0.3, 0.4) is 0 Å². The number of aryl methyl sites for hydroxylation is 1. The van der Waals surface area contributed by atoms with Crippen LogP contribution in [0.1, 0.15) is 33.2 Å². The third kappa shape index (κ3) is 4.12. The Bertz CT molecular complexity index is 983. The summed E-state index contributed by atoms with van der Waals surface area (Å²) >= 11 is 0.